The standard InChI is InChI=1S/C16H30N2O3/c1-12(11-16(2,3)4)5-8-17-15(21)18-9-6-13(7-10-18)14(19)20/h12-13H,5-11H2,1-4H3,(H,17,21)(H,19,20). The van der Waals surface area contributed by atoms with Gasteiger partial charge in [-0.25, -0.2) is 4.79 Å². The van der Waals surface area contributed by atoms with Crippen LogP contribution in [0, 0.1) is 17.3 Å². The number of amides is 2. The number of likely N-dealkylation sites (tertiary alicyclic amines) is 1. The minimum absolute atomic E-state index is 0.0539. The number of nitrogens with one attached hydrogen (secondary N) is 1. The van der Waals surface area contributed by atoms with Crippen molar-refractivity contribution in [2.45, 2.75) is 53.4 Å². The maximum absolute atomic E-state index is 12.0. The lowest BCUT2D eigenvalue weighted by Gasteiger charge is -2.30. The van der Waals surface area contributed by atoms with Crippen LogP contribution in [-0.2, 0) is 4.79 Å². The molecule has 0 aromatic carbocycles. The van der Waals surface area contributed by atoms with Crippen LogP contribution in [0.1, 0.15) is 53.4 Å². The number of urea groups is 1. The van der Waals surface area contributed by atoms with Crippen molar-refractivity contribution < 1.29 is 14.7 Å². The second-order valence-corrected chi connectivity index (χ2v) is 7.49. The monoisotopic (exact) mass is 298 g/mol. The van der Waals surface area contributed by atoms with Crippen molar-refractivity contribution in [1.82, 2.24) is 10.2 Å². The van der Waals surface area contributed by atoms with E-state index in [9.17, 15) is 9.59 Å². The highest BCUT2D eigenvalue weighted by molar-refractivity contribution is 5.75. The van der Waals surface area contributed by atoms with E-state index in [0.29, 0.717) is 43.8 Å². The fourth-order valence-electron chi connectivity index (χ4n) is 3.01. The summed E-state index contributed by atoms with van der Waals surface area (Å²) in [5.74, 6) is -0.449. The van der Waals surface area contributed by atoms with Gasteiger partial charge in [0.15, 0.2) is 0 Å². The second kappa shape index (κ2) is 7.66. The van der Waals surface area contributed by atoms with Gasteiger partial charge in [0.2, 0.25) is 0 Å². The molecule has 2 N–H and O–H groups in total. The Balaban J connectivity index is 2.21. The van der Waals surface area contributed by atoms with Crippen molar-refractivity contribution in [2.24, 2.45) is 17.3 Å². The molecule has 5 heteroatoms. The van der Waals surface area contributed by atoms with Crippen molar-refractivity contribution in [2.75, 3.05) is 19.6 Å². The van der Waals surface area contributed by atoms with Crippen molar-refractivity contribution >= 4 is 12.0 Å². The van der Waals surface area contributed by atoms with Crippen molar-refractivity contribution in [3.8, 4) is 0 Å². The quantitative estimate of drug-likeness (QED) is 0.820. The van der Waals surface area contributed by atoms with Crippen LogP contribution in [-0.4, -0.2) is 41.6 Å². The summed E-state index contributed by atoms with van der Waals surface area (Å²) in [5, 5.41) is 11.9. The van der Waals surface area contributed by atoms with Gasteiger partial charge >= 0.3 is 12.0 Å². The molecule has 122 valence electrons. The normalized spacial score (nSPS) is 18.4. The summed E-state index contributed by atoms with van der Waals surface area (Å²) >= 11 is 0. The second-order valence-electron chi connectivity index (χ2n) is 7.49. The highest BCUT2D eigenvalue weighted by atomic mass is 16.4. The number of aliphatic carboxylic acids is 1. The largest absolute Gasteiger partial charge is 0.481 e. The van der Waals surface area contributed by atoms with Crippen LogP contribution in [0.3, 0.4) is 0 Å². The first-order chi connectivity index (χ1) is 9.69. The number of carboxylic acid groups (broad SMARTS) is 1. The number of carboxylic acids is 1. The first kappa shape index (κ1) is 17.8. The Labute approximate surface area is 128 Å². The van der Waals surface area contributed by atoms with Gasteiger partial charge in [0.25, 0.3) is 0 Å². The number of piperidine rings is 1. The van der Waals surface area contributed by atoms with E-state index < -0.39 is 5.97 Å². The number of hydrogen-bond donors (Lipinski definition) is 2. The van der Waals surface area contributed by atoms with Crippen molar-refractivity contribution in [3.05, 3.63) is 0 Å². The van der Waals surface area contributed by atoms with Gasteiger partial charge < -0.3 is 15.3 Å². The third-order valence-electron chi connectivity index (χ3n) is 4.01. The molecular formula is C16H30N2O3. The fourth-order valence-corrected chi connectivity index (χ4v) is 3.01. The number of hydrogen-bond acceptors (Lipinski definition) is 2. The van der Waals surface area contributed by atoms with Gasteiger partial charge in [-0.1, -0.05) is 27.7 Å². The Kier molecular flexibility index (Phi) is 6.49. The molecule has 1 unspecified atom stereocenters. The topological polar surface area (TPSA) is 69.6 Å². The molecule has 0 bridgehead atoms. The highest BCUT2D eigenvalue weighted by Gasteiger charge is 2.26. The predicted molar refractivity (Wildman–Crippen MR) is 83.2 cm³/mol. The molecule has 1 atom stereocenters. The Bertz CT molecular complexity index is 355. The summed E-state index contributed by atoms with van der Waals surface area (Å²) in [6, 6.07) is -0.0539. The van der Waals surface area contributed by atoms with Crippen LogP contribution in [0.5, 0.6) is 0 Å². The van der Waals surface area contributed by atoms with Crippen LogP contribution in [0.2, 0.25) is 0 Å². The smallest absolute Gasteiger partial charge is 0.317 e. The third kappa shape index (κ3) is 6.82. The number of rotatable bonds is 5. The van der Waals surface area contributed by atoms with E-state index in [2.05, 4.69) is 33.0 Å². The Morgan fingerprint density at radius 2 is 1.86 bits per heavy atom. The molecule has 21 heavy (non-hydrogen) atoms. The van der Waals surface area contributed by atoms with Crippen LogP contribution in [0.15, 0.2) is 0 Å². The summed E-state index contributed by atoms with van der Waals surface area (Å²) in [7, 11) is 0. The molecule has 1 saturated heterocycles. The zero-order valence-corrected chi connectivity index (χ0v) is 13.8. The van der Waals surface area contributed by atoms with Gasteiger partial charge in [0.05, 0.1) is 5.92 Å². The van der Waals surface area contributed by atoms with Crippen LogP contribution in [0.4, 0.5) is 4.79 Å². The molecule has 0 radical (unpaired) electrons. The lowest BCUT2D eigenvalue weighted by atomic mass is 9.84. The van der Waals surface area contributed by atoms with Gasteiger partial charge in [-0.2, -0.15) is 0 Å². The summed E-state index contributed by atoms with van der Waals surface area (Å²) in [5.41, 5.74) is 0.322. The van der Waals surface area contributed by atoms with Crippen LogP contribution < -0.4 is 5.32 Å². The molecule has 0 aromatic heterocycles. The Hall–Kier alpha value is -1.26. The molecule has 0 aromatic rings. The third-order valence-corrected chi connectivity index (χ3v) is 4.01. The molecule has 0 saturated carbocycles. The lowest BCUT2D eigenvalue weighted by molar-refractivity contribution is -0.143. The Morgan fingerprint density at radius 1 is 1.29 bits per heavy atom. The average molecular weight is 298 g/mol. The number of carbonyl (C=O) groups excluding carboxylic acids is 1. The molecule has 2 amide bonds. The lowest BCUT2D eigenvalue weighted by Crippen LogP contribution is -2.45. The number of nitrogens with zero attached hydrogens (tertiary/aromatic N) is 1. The first-order valence-corrected chi connectivity index (χ1v) is 7.94. The maximum atomic E-state index is 12.0. The molecule has 1 heterocycles. The van der Waals surface area contributed by atoms with Crippen molar-refractivity contribution in [1.29, 1.82) is 0 Å². The molecule has 0 spiro atoms. The van der Waals surface area contributed by atoms with Gasteiger partial charge in [0, 0.05) is 19.6 Å². The molecule has 1 aliphatic heterocycles. The highest BCUT2D eigenvalue weighted by Crippen LogP contribution is 2.25. The number of carbonyl (C=O) groups is 2. The van der Waals surface area contributed by atoms with Gasteiger partial charge in [0.1, 0.15) is 0 Å². The van der Waals surface area contributed by atoms with E-state index in [1.807, 2.05) is 0 Å². The Morgan fingerprint density at radius 3 is 2.33 bits per heavy atom. The minimum atomic E-state index is -0.744. The summed E-state index contributed by atoms with van der Waals surface area (Å²) in [6.07, 6.45) is 3.24. The molecule has 5 nitrogen and oxygen atoms in total. The van der Waals surface area contributed by atoms with E-state index in [1.165, 1.54) is 0 Å². The van der Waals surface area contributed by atoms with E-state index in [4.69, 9.17) is 5.11 Å². The average Bonchev–Trinajstić information content (AvgIpc) is 2.36. The molecular weight excluding hydrogens is 268 g/mol. The summed E-state index contributed by atoms with van der Waals surface area (Å²) in [6.45, 7) is 10.7. The van der Waals surface area contributed by atoms with Gasteiger partial charge in [-0.15, -0.1) is 0 Å². The SMILES string of the molecule is CC(CCNC(=O)N1CCC(C(=O)O)CC1)CC(C)(C)C. The first-order valence-electron chi connectivity index (χ1n) is 7.94. The molecule has 1 fully saturated rings. The van der Waals surface area contributed by atoms with Crippen molar-refractivity contribution in [3.63, 3.8) is 0 Å². The molecule has 1 rings (SSSR count). The molecule has 1 aliphatic rings. The summed E-state index contributed by atoms with van der Waals surface area (Å²) < 4.78 is 0. The van der Waals surface area contributed by atoms with E-state index in [0.717, 1.165) is 12.8 Å². The van der Waals surface area contributed by atoms with E-state index in [1.54, 1.807) is 4.90 Å². The van der Waals surface area contributed by atoms with Crippen LogP contribution >= 0.6 is 0 Å². The van der Waals surface area contributed by atoms with E-state index in [-0.39, 0.29) is 11.9 Å². The zero-order valence-electron chi connectivity index (χ0n) is 13.8. The fraction of sp³-hybridized carbons (Fsp3) is 0.875. The van der Waals surface area contributed by atoms with E-state index >= 15 is 0 Å². The minimum Gasteiger partial charge on any atom is -0.481 e. The maximum Gasteiger partial charge on any atom is 0.317 e. The van der Waals surface area contributed by atoms with Gasteiger partial charge in [-0.05, 0) is 37.0 Å². The predicted octanol–water partition coefficient (Wildman–Crippen LogP) is 2.96. The summed E-state index contributed by atoms with van der Waals surface area (Å²) in [4.78, 5) is 24.6. The van der Waals surface area contributed by atoms with Crippen LogP contribution in [0.25, 0.3) is 0 Å². The van der Waals surface area contributed by atoms with Gasteiger partial charge in [-0.3, -0.25) is 4.79 Å². The zero-order chi connectivity index (χ0) is 16.0. The molecule has 0 aliphatic carbocycles.